The fraction of sp³-hybridized carbons (Fsp3) is 0.235. The first-order chi connectivity index (χ1) is 11.6. The topological polar surface area (TPSA) is 74.5 Å². The van der Waals surface area contributed by atoms with Crippen molar-refractivity contribution >= 4 is 17.3 Å². The quantitative estimate of drug-likeness (QED) is 0.633. The van der Waals surface area contributed by atoms with Gasteiger partial charge in [-0.15, -0.1) is 21.5 Å². The summed E-state index contributed by atoms with van der Waals surface area (Å²) >= 11 is 1.50. The largest absolute Gasteiger partial charge is 0.482 e. The molecule has 24 heavy (non-hydrogen) atoms. The highest BCUT2D eigenvalue weighted by Gasteiger charge is 2.19. The van der Waals surface area contributed by atoms with Crippen LogP contribution in [0.25, 0.3) is 10.8 Å². The van der Waals surface area contributed by atoms with E-state index in [1.807, 2.05) is 42.6 Å². The number of para-hydroxylation sites is 1. The summed E-state index contributed by atoms with van der Waals surface area (Å²) in [7, 11) is 0. The van der Waals surface area contributed by atoms with Gasteiger partial charge in [-0.3, -0.25) is 0 Å². The molecule has 0 radical (unpaired) electrons. The van der Waals surface area contributed by atoms with Crippen LogP contribution in [-0.2, 0) is 9.53 Å². The Bertz CT molecular complexity index is 814. The second-order valence-electron chi connectivity index (χ2n) is 5.11. The van der Waals surface area contributed by atoms with E-state index in [0.29, 0.717) is 11.6 Å². The molecule has 0 N–H and O–H groups in total. The Labute approximate surface area is 143 Å². The second-order valence-corrected chi connectivity index (χ2v) is 6.06. The highest BCUT2D eigenvalue weighted by Crippen LogP contribution is 2.25. The molecule has 0 aliphatic heterocycles. The lowest BCUT2D eigenvalue weighted by atomic mass is 10.2. The van der Waals surface area contributed by atoms with Crippen molar-refractivity contribution in [2.45, 2.75) is 20.0 Å². The molecule has 7 heteroatoms. The monoisotopic (exact) mass is 344 g/mol. The molecule has 0 amide bonds. The lowest BCUT2D eigenvalue weighted by molar-refractivity contribution is -0.152. The van der Waals surface area contributed by atoms with Gasteiger partial charge in [-0.25, -0.2) is 4.79 Å². The van der Waals surface area contributed by atoms with E-state index in [1.54, 1.807) is 13.0 Å². The number of thiophene rings is 1. The van der Waals surface area contributed by atoms with E-state index < -0.39 is 12.1 Å². The van der Waals surface area contributed by atoms with Crippen molar-refractivity contribution in [3.05, 3.63) is 53.2 Å². The van der Waals surface area contributed by atoms with E-state index in [2.05, 4.69) is 10.2 Å². The van der Waals surface area contributed by atoms with Crippen LogP contribution in [-0.4, -0.2) is 22.8 Å². The van der Waals surface area contributed by atoms with Gasteiger partial charge in [-0.1, -0.05) is 24.3 Å². The zero-order chi connectivity index (χ0) is 16.9. The number of nitrogens with zero attached hydrogens (tertiary/aromatic N) is 2. The van der Waals surface area contributed by atoms with Gasteiger partial charge in [-0.2, -0.15) is 0 Å². The van der Waals surface area contributed by atoms with Crippen molar-refractivity contribution in [2.75, 3.05) is 6.61 Å². The minimum Gasteiger partial charge on any atom is -0.482 e. The van der Waals surface area contributed by atoms with Crippen molar-refractivity contribution in [1.29, 1.82) is 0 Å². The molecule has 2 aromatic heterocycles. The van der Waals surface area contributed by atoms with E-state index in [1.165, 1.54) is 11.3 Å². The fourth-order valence-electron chi connectivity index (χ4n) is 2.04. The highest BCUT2D eigenvalue weighted by molar-refractivity contribution is 7.13. The Hall–Kier alpha value is -2.67. The van der Waals surface area contributed by atoms with Gasteiger partial charge in [0.25, 0.3) is 11.8 Å². The predicted molar refractivity (Wildman–Crippen MR) is 88.8 cm³/mol. The molecule has 0 unspecified atom stereocenters. The molecule has 2 heterocycles. The minimum absolute atomic E-state index is 0.179. The standard InChI is InChI=1S/C17H16N2O4S/c1-11-6-3-4-7-13(11)21-10-15(20)22-12(2)16-18-19-17(23-16)14-8-5-9-24-14/h3-9,12H,10H2,1-2H3/t12-/m1/s1. The van der Waals surface area contributed by atoms with E-state index in [-0.39, 0.29) is 12.5 Å². The first-order valence-corrected chi connectivity index (χ1v) is 8.26. The van der Waals surface area contributed by atoms with Gasteiger partial charge in [0.1, 0.15) is 5.75 Å². The average molecular weight is 344 g/mol. The molecule has 0 aliphatic rings. The van der Waals surface area contributed by atoms with Gasteiger partial charge < -0.3 is 13.9 Å². The number of aryl methyl sites for hydroxylation is 1. The minimum atomic E-state index is -0.640. The van der Waals surface area contributed by atoms with E-state index in [4.69, 9.17) is 13.9 Å². The smallest absolute Gasteiger partial charge is 0.344 e. The fourth-order valence-corrected chi connectivity index (χ4v) is 2.68. The van der Waals surface area contributed by atoms with E-state index in [0.717, 1.165) is 10.4 Å². The number of hydrogen-bond acceptors (Lipinski definition) is 7. The first kappa shape index (κ1) is 16.2. The normalized spacial score (nSPS) is 11.9. The molecular weight excluding hydrogens is 328 g/mol. The van der Waals surface area contributed by atoms with Gasteiger partial charge in [0.05, 0.1) is 4.88 Å². The lowest BCUT2D eigenvalue weighted by Crippen LogP contribution is -2.17. The van der Waals surface area contributed by atoms with Gasteiger partial charge >= 0.3 is 5.97 Å². The molecule has 0 bridgehead atoms. The molecule has 124 valence electrons. The Kier molecular flexibility index (Phi) is 4.90. The summed E-state index contributed by atoms with van der Waals surface area (Å²) in [6.45, 7) is 3.41. The highest BCUT2D eigenvalue weighted by atomic mass is 32.1. The molecule has 0 aliphatic carbocycles. The average Bonchev–Trinajstić information content (AvgIpc) is 3.25. The van der Waals surface area contributed by atoms with Gasteiger partial charge in [0.15, 0.2) is 12.7 Å². The molecule has 0 saturated heterocycles. The third kappa shape index (κ3) is 3.80. The molecule has 0 fully saturated rings. The Morgan fingerprint density at radius 2 is 2.08 bits per heavy atom. The molecule has 3 rings (SSSR count). The number of rotatable bonds is 6. The maximum atomic E-state index is 11.9. The van der Waals surface area contributed by atoms with Crippen LogP contribution >= 0.6 is 11.3 Å². The summed E-state index contributed by atoms with van der Waals surface area (Å²) in [5.74, 6) is 0.822. The van der Waals surface area contributed by atoms with E-state index in [9.17, 15) is 4.79 Å². The van der Waals surface area contributed by atoms with Crippen LogP contribution in [0.15, 0.2) is 46.2 Å². The zero-order valence-electron chi connectivity index (χ0n) is 13.3. The Balaban J connectivity index is 1.55. The predicted octanol–water partition coefficient (Wildman–Crippen LogP) is 3.79. The summed E-state index contributed by atoms with van der Waals surface area (Å²) in [4.78, 5) is 12.8. The summed E-state index contributed by atoms with van der Waals surface area (Å²) in [5.41, 5.74) is 0.954. The third-order valence-electron chi connectivity index (χ3n) is 3.27. The number of benzene rings is 1. The van der Waals surface area contributed by atoms with Crippen molar-refractivity contribution in [3.8, 4) is 16.5 Å². The summed E-state index contributed by atoms with van der Waals surface area (Å²) in [6.07, 6.45) is -0.640. The summed E-state index contributed by atoms with van der Waals surface area (Å²) in [6, 6.07) is 11.3. The first-order valence-electron chi connectivity index (χ1n) is 7.38. The van der Waals surface area contributed by atoms with Crippen LogP contribution in [0, 0.1) is 6.92 Å². The Morgan fingerprint density at radius 1 is 1.25 bits per heavy atom. The lowest BCUT2D eigenvalue weighted by Gasteiger charge is -2.11. The van der Waals surface area contributed by atoms with Crippen LogP contribution in [0.3, 0.4) is 0 Å². The van der Waals surface area contributed by atoms with Crippen molar-refractivity contribution in [2.24, 2.45) is 0 Å². The number of carbonyl (C=O) groups excluding carboxylic acids is 1. The Morgan fingerprint density at radius 3 is 2.83 bits per heavy atom. The zero-order valence-corrected chi connectivity index (χ0v) is 14.1. The number of aromatic nitrogens is 2. The number of ether oxygens (including phenoxy) is 2. The van der Waals surface area contributed by atoms with Gasteiger partial charge in [0.2, 0.25) is 0 Å². The molecule has 1 atom stereocenters. The molecule has 3 aromatic rings. The van der Waals surface area contributed by atoms with Crippen LogP contribution in [0.2, 0.25) is 0 Å². The SMILES string of the molecule is Cc1ccccc1OCC(=O)O[C@H](C)c1nnc(-c2cccs2)o1. The molecule has 1 aromatic carbocycles. The van der Waals surface area contributed by atoms with E-state index >= 15 is 0 Å². The van der Waals surface area contributed by atoms with Crippen molar-refractivity contribution in [3.63, 3.8) is 0 Å². The van der Waals surface area contributed by atoms with Gasteiger partial charge in [-0.05, 0) is 36.9 Å². The van der Waals surface area contributed by atoms with Crippen LogP contribution in [0.4, 0.5) is 0 Å². The van der Waals surface area contributed by atoms with Crippen LogP contribution in [0.1, 0.15) is 24.5 Å². The maximum absolute atomic E-state index is 11.9. The van der Waals surface area contributed by atoms with Crippen LogP contribution < -0.4 is 4.74 Å². The number of carbonyl (C=O) groups is 1. The third-order valence-corrected chi connectivity index (χ3v) is 4.13. The molecule has 0 saturated carbocycles. The van der Waals surface area contributed by atoms with Crippen LogP contribution in [0.5, 0.6) is 5.75 Å². The van der Waals surface area contributed by atoms with Gasteiger partial charge in [0, 0.05) is 0 Å². The molecular formula is C17H16N2O4S. The molecule has 0 spiro atoms. The number of hydrogen-bond donors (Lipinski definition) is 0. The molecule has 6 nitrogen and oxygen atoms in total. The summed E-state index contributed by atoms with van der Waals surface area (Å²) in [5, 5.41) is 9.82. The van der Waals surface area contributed by atoms with Crippen molar-refractivity contribution < 1.29 is 18.7 Å². The summed E-state index contributed by atoms with van der Waals surface area (Å²) < 4.78 is 16.3. The number of esters is 1. The van der Waals surface area contributed by atoms with Crippen molar-refractivity contribution in [1.82, 2.24) is 10.2 Å². The maximum Gasteiger partial charge on any atom is 0.344 e. The second kappa shape index (κ2) is 7.27.